The van der Waals surface area contributed by atoms with E-state index in [1.165, 1.54) is 24.2 Å². The second-order valence-corrected chi connectivity index (χ2v) is 5.27. The first-order chi connectivity index (χ1) is 9.61. The SMILES string of the molecule is CCCCCCn1cc(N2CC(C(=O)O)CC2=O)cn1. The standard InChI is InChI=1S/C14H21N3O3/c1-2-3-4-5-6-16-10-12(8-15-16)17-9-11(14(19)20)7-13(17)18/h8,10-11H,2-7,9H2,1H3,(H,19,20). The number of hydrogen-bond acceptors (Lipinski definition) is 3. The van der Waals surface area contributed by atoms with Crippen molar-refractivity contribution >= 4 is 17.6 Å². The maximum absolute atomic E-state index is 11.8. The quantitative estimate of drug-likeness (QED) is 0.773. The highest BCUT2D eigenvalue weighted by molar-refractivity contribution is 5.98. The van der Waals surface area contributed by atoms with Crippen molar-refractivity contribution in [2.24, 2.45) is 5.92 Å². The number of carboxylic acids is 1. The maximum atomic E-state index is 11.8. The Hall–Kier alpha value is -1.85. The zero-order chi connectivity index (χ0) is 14.5. The Bertz CT molecular complexity index is 484. The molecule has 6 heteroatoms. The van der Waals surface area contributed by atoms with Crippen LogP contribution in [0.25, 0.3) is 0 Å². The second kappa shape index (κ2) is 6.54. The summed E-state index contributed by atoms with van der Waals surface area (Å²) in [5.74, 6) is -1.65. The highest BCUT2D eigenvalue weighted by Crippen LogP contribution is 2.24. The fraction of sp³-hybridized carbons (Fsp3) is 0.643. The number of unbranched alkanes of at least 4 members (excludes halogenated alkanes) is 3. The number of carbonyl (C=O) groups is 2. The number of rotatable bonds is 7. The number of nitrogens with zero attached hydrogens (tertiary/aromatic N) is 3. The lowest BCUT2D eigenvalue weighted by atomic mass is 10.1. The molecule has 1 unspecified atom stereocenters. The molecule has 0 aromatic carbocycles. The van der Waals surface area contributed by atoms with E-state index in [0.29, 0.717) is 5.69 Å². The van der Waals surface area contributed by atoms with E-state index in [0.717, 1.165) is 13.0 Å². The van der Waals surface area contributed by atoms with E-state index in [4.69, 9.17) is 5.11 Å². The van der Waals surface area contributed by atoms with E-state index < -0.39 is 11.9 Å². The third-order valence-corrected chi connectivity index (χ3v) is 3.65. The number of hydrogen-bond donors (Lipinski definition) is 1. The van der Waals surface area contributed by atoms with Gasteiger partial charge in [-0.05, 0) is 6.42 Å². The summed E-state index contributed by atoms with van der Waals surface area (Å²) < 4.78 is 1.83. The first kappa shape index (κ1) is 14.6. The first-order valence-electron chi connectivity index (χ1n) is 7.17. The van der Waals surface area contributed by atoms with Gasteiger partial charge >= 0.3 is 5.97 Å². The molecule has 2 heterocycles. The predicted molar refractivity (Wildman–Crippen MR) is 74.5 cm³/mol. The smallest absolute Gasteiger partial charge is 0.308 e. The third-order valence-electron chi connectivity index (χ3n) is 3.65. The summed E-state index contributed by atoms with van der Waals surface area (Å²) in [4.78, 5) is 24.3. The van der Waals surface area contributed by atoms with Gasteiger partial charge in [0.25, 0.3) is 0 Å². The van der Waals surface area contributed by atoms with Crippen LogP contribution >= 0.6 is 0 Å². The van der Waals surface area contributed by atoms with Gasteiger partial charge in [-0.3, -0.25) is 14.3 Å². The van der Waals surface area contributed by atoms with Crippen LogP contribution in [0.5, 0.6) is 0 Å². The van der Waals surface area contributed by atoms with Gasteiger partial charge in [-0.15, -0.1) is 0 Å². The molecule has 1 aromatic heterocycles. The van der Waals surface area contributed by atoms with Crippen molar-refractivity contribution in [3.05, 3.63) is 12.4 Å². The molecule has 2 rings (SSSR count). The van der Waals surface area contributed by atoms with E-state index in [-0.39, 0.29) is 18.9 Å². The lowest BCUT2D eigenvalue weighted by Crippen LogP contribution is -2.25. The van der Waals surface area contributed by atoms with Gasteiger partial charge in [-0.2, -0.15) is 5.10 Å². The Morgan fingerprint density at radius 3 is 2.90 bits per heavy atom. The van der Waals surface area contributed by atoms with E-state index in [2.05, 4.69) is 12.0 Å². The van der Waals surface area contributed by atoms with Crippen molar-refractivity contribution in [1.29, 1.82) is 0 Å². The van der Waals surface area contributed by atoms with E-state index >= 15 is 0 Å². The number of carbonyl (C=O) groups excluding carboxylic acids is 1. The van der Waals surface area contributed by atoms with Gasteiger partial charge in [0.05, 0.1) is 17.8 Å². The largest absolute Gasteiger partial charge is 0.481 e. The molecule has 1 saturated heterocycles. The molecule has 1 aromatic rings. The fourth-order valence-corrected chi connectivity index (χ4v) is 2.44. The van der Waals surface area contributed by atoms with Crippen LogP contribution in [-0.4, -0.2) is 33.3 Å². The van der Waals surface area contributed by atoms with Gasteiger partial charge in [-0.25, -0.2) is 0 Å². The average molecular weight is 279 g/mol. The minimum atomic E-state index is -0.909. The molecule has 6 nitrogen and oxygen atoms in total. The molecule has 0 spiro atoms. The number of amides is 1. The van der Waals surface area contributed by atoms with Gasteiger partial charge in [-0.1, -0.05) is 26.2 Å². The Morgan fingerprint density at radius 2 is 2.25 bits per heavy atom. The summed E-state index contributed by atoms with van der Waals surface area (Å²) in [5, 5.41) is 13.2. The normalized spacial score (nSPS) is 18.8. The summed E-state index contributed by atoms with van der Waals surface area (Å²) in [5.41, 5.74) is 0.703. The highest BCUT2D eigenvalue weighted by atomic mass is 16.4. The molecule has 110 valence electrons. The number of aryl methyl sites for hydroxylation is 1. The van der Waals surface area contributed by atoms with Crippen LogP contribution in [0.4, 0.5) is 5.69 Å². The molecule has 1 amide bonds. The molecule has 1 aliphatic rings. The zero-order valence-corrected chi connectivity index (χ0v) is 11.8. The molecule has 20 heavy (non-hydrogen) atoms. The number of aromatic nitrogens is 2. The zero-order valence-electron chi connectivity index (χ0n) is 11.8. The van der Waals surface area contributed by atoms with Crippen molar-refractivity contribution in [1.82, 2.24) is 9.78 Å². The van der Waals surface area contributed by atoms with Crippen LogP contribution in [0.3, 0.4) is 0 Å². The van der Waals surface area contributed by atoms with Crippen LogP contribution in [0, 0.1) is 5.92 Å². The molecule has 1 fully saturated rings. The van der Waals surface area contributed by atoms with Gasteiger partial charge in [0.1, 0.15) is 0 Å². The Kier molecular flexibility index (Phi) is 4.76. The molecule has 0 radical (unpaired) electrons. The molecule has 0 saturated carbocycles. The van der Waals surface area contributed by atoms with Crippen molar-refractivity contribution in [2.75, 3.05) is 11.4 Å². The first-order valence-corrected chi connectivity index (χ1v) is 7.17. The van der Waals surface area contributed by atoms with Crippen molar-refractivity contribution in [3.8, 4) is 0 Å². The topological polar surface area (TPSA) is 75.4 Å². The highest BCUT2D eigenvalue weighted by Gasteiger charge is 2.35. The average Bonchev–Trinajstić information content (AvgIpc) is 3.01. The van der Waals surface area contributed by atoms with Gasteiger partial charge < -0.3 is 10.0 Å². The lowest BCUT2D eigenvalue weighted by molar-refractivity contribution is -0.141. The van der Waals surface area contributed by atoms with E-state index in [9.17, 15) is 9.59 Å². The summed E-state index contributed by atoms with van der Waals surface area (Å²) in [6.45, 7) is 3.25. The second-order valence-electron chi connectivity index (χ2n) is 5.27. The molecule has 1 atom stereocenters. The minimum absolute atomic E-state index is 0.0804. The van der Waals surface area contributed by atoms with Crippen LogP contribution < -0.4 is 4.90 Å². The van der Waals surface area contributed by atoms with Crippen LogP contribution in [-0.2, 0) is 16.1 Å². The molecule has 1 N–H and O–H groups in total. The summed E-state index contributed by atoms with van der Waals surface area (Å²) in [6.07, 6.45) is 8.21. The number of aliphatic carboxylic acids is 1. The Balaban J connectivity index is 1.92. The Labute approximate surface area is 118 Å². The van der Waals surface area contributed by atoms with Crippen LogP contribution in [0.1, 0.15) is 39.0 Å². The van der Waals surface area contributed by atoms with Gasteiger partial charge in [0.15, 0.2) is 0 Å². The summed E-state index contributed by atoms with van der Waals surface area (Å²) in [7, 11) is 0. The number of anilines is 1. The van der Waals surface area contributed by atoms with E-state index in [1.807, 2.05) is 10.9 Å². The third kappa shape index (κ3) is 3.37. The van der Waals surface area contributed by atoms with Crippen LogP contribution in [0.15, 0.2) is 12.4 Å². The number of carboxylic acid groups (broad SMARTS) is 1. The van der Waals surface area contributed by atoms with E-state index in [1.54, 1.807) is 6.20 Å². The molecular formula is C14H21N3O3. The monoisotopic (exact) mass is 279 g/mol. The Morgan fingerprint density at radius 1 is 1.45 bits per heavy atom. The molecule has 1 aliphatic heterocycles. The molecular weight excluding hydrogens is 258 g/mol. The maximum Gasteiger partial charge on any atom is 0.308 e. The summed E-state index contributed by atoms with van der Waals surface area (Å²) >= 11 is 0. The molecule has 0 bridgehead atoms. The van der Waals surface area contributed by atoms with Gasteiger partial charge in [0.2, 0.25) is 5.91 Å². The van der Waals surface area contributed by atoms with Crippen molar-refractivity contribution in [2.45, 2.75) is 45.6 Å². The fourth-order valence-electron chi connectivity index (χ4n) is 2.44. The molecule has 0 aliphatic carbocycles. The van der Waals surface area contributed by atoms with Crippen LogP contribution in [0.2, 0.25) is 0 Å². The minimum Gasteiger partial charge on any atom is -0.481 e. The lowest BCUT2D eigenvalue weighted by Gasteiger charge is -2.12. The van der Waals surface area contributed by atoms with Crippen molar-refractivity contribution < 1.29 is 14.7 Å². The van der Waals surface area contributed by atoms with Crippen molar-refractivity contribution in [3.63, 3.8) is 0 Å². The predicted octanol–water partition coefficient (Wildman–Crippen LogP) is 1.90. The van der Waals surface area contributed by atoms with Gasteiger partial charge in [0, 0.05) is 25.7 Å². The summed E-state index contributed by atoms with van der Waals surface area (Å²) in [6, 6.07) is 0.